The Morgan fingerprint density at radius 1 is 1.19 bits per heavy atom. The number of para-hydroxylation sites is 1. The van der Waals surface area contributed by atoms with Gasteiger partial charge in [-0.15, -0.1) is 0 Å². The summed E-state index contributed by atoms with van der Waals surface area (Å²) in [4.78, 5) is 33.7. The van der Waals surface area contributed by atoms with Crippen LogP contribution in [0, 0.1) is 17.0 Å². The van der Waals surface area contributed by atoms with Crippen LogP contribution in [0.1, 0.15) is 22.8 Å². The lowest BCUT2D eigenvalue weighted by atomic mass is 10.2. The molecule has 0 saturated heterocycles. The number of methoxy groups -OCH3 is 1. The van der Waals surface area contributed by atoms with Gasteiger partial charge in [-0.05, 0) is 43.7 Å². The van der Waals surface area contributed by atoms with Crippen molar-refractivity contribution in [3.8, 4) is 5.75 Å². The first-order chi connectivity index (χ1) is 15.0. The molecule has 2 aromatic carbocycles. The summed E-state index contributed by atoms with van der Waals surface area (Å²) in [7, 11) is 1.45. The molecule has 3 aromatic rings. The summed E-state index contributed by atoms with van der Waals surface area (Å²) in [5.74, 6) is -0.180. The number of nitro groups is 1. The number of aryl methyl sites for hydroxylation is 1. The highest BCUT2D eigenvalue weighted by molar-refractivity contribution is 5.97. The fraction of sp³-hybridized carbons (Fsp3) is 0.190. The molecule has 0 bridgehead atoms. The molecule has 0 atom stereocenters. The molecule has 10 heteroatoms. The van der Waals surface area contributed by atoms with Crippen LogP contribution in [0.3, 0.4) is 0 Å². The third kappa shape index (κ3) is 4.69. The summed E-state index contributed by atoms with van der Waals surface area (Å²) in [6, 6.07) is 14.2. The monoisotopic (exact) mass is 422 g/mol. The number of nitrogens with one attached hydrogen (secondary N) is 2. The summed E-state index contributed by atoms with van der Waals surface area (Å²) in [5, 5.41) is 11.9. The van der Waals surface area contributed by atoms with Gasteiger partial charge in [0.1, 0.15) is 12.1 Å². The second-order valence-corrected chi connectivity index (χ2v) is 6.51. The van der Waals surface area contributed by atoms with Gasteiger partial charge in [-0.1, -0.05) is 24.3 Å². The summed E-state index contributed by atoms with van der Waals surface area (Å²) in [5.41, 5.74) is 6.67. The maximum absolute atomic E-state index is 12.5. The summed E-state index contributed by atoms with van der Waals surface area (Å²) < 4.78 is 5.18. The SMILES string of the molecule is CCN(c1cccc(C)c1)c1ncnc(NNC(=O)c2ccccc2OC)c1[N+](=O)[O-]. The molecule has 0 aliphatic heterocycles. The average Bonchev–Trinajstić information content (AvgIpc) is 2.78. The Labute approximate surface area is 179 Å². The highest BCUT2D eigenvalue weighted by Gasteiger charge is 2.28. The lowest BCUT2D eigenvalue weighted by Gasteiger charge is -2.22. The summed E-state index contributed by atoms with van der Waals surface area (Å²) in [6.45, 7) is 4.24. The van der Waals surface area contributed by atoms with E-state index in [1.54, 1.807) is 29.2 Å². The number of hydrogen-bond acceptors (Lipinski definition) is 8. The van der Waals surface area contributed by atoms with Gasteiger partial charge >= 0.3 is 5.69 Å². The van der Waals surface area contributed by atoms with Crippen molar-refractivity contribution >= 4 is 28.9 Å². The van der Waals surface area contributed by atoms with Crippen LogP contribution in [0.5, 0.6) is 5.75 Å². The Hall–Kier alpha value is -4.21. The van der Waals surface area contributed by atoms with Crippen molar-refractivity contribution in [2.24, 2.45) is 0 Å². The van der Waals surface area contributed by atoms with Crippen LogP contribution in [-0.4, -0.2) is 34.5 Å². The largest absolute Gasteiger partial charge is 0.496 e. The quantitative estimate of drug-likeness (QED) is 0.417. The van der Waals surface area contributed by atoms with E-state index in [1.165, 1.54) is 13.4 Å². The number of ether oxygens (including phenoxy) is 1. The molecule has 0 radical (unpaired) electrons. The van der Waals surface area contributed by atoms with E-state index in [0.717, 1.165) is 11.3 Å². The minimum absolute atomic E-state index is 0.113. The van der Waals surface area contributed by atoms with Gasteiger partial charge in [0.2, 0.25) is 11.6 Å². The second-order valence-electron chi connectivity index (χ2n) is 6.51. The molecule has 0 saturated carbocycles. The van der Waals surface area contributed by atoms with E-state index in [9.17, 15) is 14.9 Å². The van der Waals surface area contributed by atoms with Crippen molar-refractivity contribution in [3.63, 3.8) is 0 Å². The van der Waals surface area contributed by atoms with E-state index in [0.29, 0.717) is 12.3 Å². The fourth-order valence-electron chi connectivity index (χ4n) is 3.09. The van der Waals surface area contributed by atoms with E-state index < -0.39 is 10.8 Å². The van der Waals surface area contributed by atoms with Crippen molar-refractivity contribution < 1.29 is 14.5 Å². The van der Waals surface area contributed by atoms with Gasteiger partial charge in [-0.25, -0.2) is 9.97 Å². The normalized spacial score (nSPS) is 10.3. The van der Waals surface area contributed by atoms with Crippen LogP contribution >= 0.6 is 0 Å². The minimum atomic E-state index is -0.578. The van der Waals surface area contributed by atoms with Gasteiger partial charge in [0.15, 0.2) is 0 Å². The zero-order chi connectivity index (χ0) is 22.4. The van der Waals surface area contributed by atoms with Gasteiger partial charge in [0.05, 0.1) is 17.6 Å². The Bertz CT molecular complexity index is 1100. The molecule has 1 heterocycles. The molecule has 0 spiro atoms. The molecule has 3 rings (SSSR count). The maximum Gasteiger partial charge on any atom is 0.355 e. The van der Waals surface area contributed by atoms with Crippen LogP contribution in [0.15, 0.2) is 54.9 Å². The number of carbonyl (C=O) groups is 1. The highest BCUT2D eigenvalue weighted by Crippen LogP contribution is 2.35. The first-order valence-electron chi connectivity index (χ1n) is 9.49. The topological polar surface area (TPSA) is 123 Å². The molecule has 0 unspecified atom stereocenters. The van der Waals surface area contributed by atoms with Crippen molar-refractivity contribution in [2.75, 3.05) is 24.0 Å². The number of nitrogens with zero attached hydrogens (tertiary/aromatic N) is 4. The third-order valence-corrected chi connectivity index (χ3v) is 4.52. The standard InChI is InChI=1S/C21H22N6O4/c1-4-26(15-9-7-8-14(2)12-15)20-18(27(29)30)19(22-13-23-20)24-25-21(28)16-10-5-6-11-17(16)31-3/h5-13H,4H2,1-3H3,(H,25,28)(H,22,23,24). The predicted octanol–water partition coefficient (Wildman–Crippen LogP) is 3.62. The molecule has 0 aliphatic carbocycles. The number of amides is 1. The summed E-state index contributed by atoms with van der Waals surface area (Å²) in [6.07, 6.45) is 1.21. The fourth-order valence-corrected chi connectivity index (χ4v) is 3.09. The van der Waals surface area contributed by atoms with Crippen LogP contribution < -0.4 is 20.5 Å². The number of hydrogen-bond donors (Lipinski definition) is 2. The molecule has 10 nitrogen and oxygen atoms in total. The van der Waals surface area contributed by atoms with Crippen molar-refractivity contribution in [1.82, 2.24) is 15.4 Å². The first-order valence-corrected chi connectivity index (χ1v) is 9.49. The number of hydrazine groups is 1. The van der Waals surface area contributed by atoms with Crippen molar-refractivity contribution in [2.45, 2.75) is 13.8 Å². The molecule has 0 fully saturated rings. The van der Waals surface area contributed by atoms with Gasteiger partial charge < -0.3 is 9.64 Å². The Balaban J connectivity index is 1.93. The zero-order valence-electron chi connectivity index (χ0n) is 17.3. The Kier molecular flexibility index (Phi) is 6.61. The molecule has 160 valence electrons. The number of aromatic nitrogens is 2. The van der Waals surface area contributed by atoms with E-state index in [-0.39, 0.29) is 22.9 Å². The van der Waals surface area contributed by atoms with E-state index in [4.69, 9.17) is 4.74 Å². The molecule has 31 heavy (non-hydrogen) atoms. The van der Waals surface area contributed by atoms with Crippen molar-refractivity contribution in [3.05, 3.63) is 76.1 Å². The molecule has 0 aliphatic rings. The number of benzene rings is 2. The number of carbonyl (C=O) groups excluding carboxylic acids is 1. The third-order valence-electron chi connectivity index (χ3n) is 4.52. The van der Waals surface area contributed by atoms with Crippen molar-refractivity contribution in [1.29, 1.82) is 0 Å². The lowest BCUT2D eigenvalue weighted by molar-refractivity contribution is -0.383. The minimum Gasteiger partial charge on any atom is -0.496 e. The second kappa shape index (κ2) is 9.53. The molecular formula is C21H22N6O4. The maximum atomic E-state index is 12.5. The van der Waals surface area contributed by atoms with Crippen LogP contribution in [0.2, 0.25) is 0 Å². The van der Waals surface area contributed by atoms with E-state index in [2.05, 4.69) is 20.8 Å². The number of anilines is 3. The summed E-state index contributed by atoms with van der Waals surface area (Å²) >= 11 is 0. The van der Waals surface area contributed by atoms with E-state index >= 15 is 0 Å². The predicted molar refractivity (Wildman–Crippen MR) is 117 cm³/mol. The molecule has 1 amide bonds. The van der Waals surface area contributed by atoms with Gasteiger partial charge in [-0.3, -0.25) is 25.8 Å². The van der Waals surface area contributed by atoms with Crippen LogP contribution in [0.25, 0.3) is 0 Å². The number of rotatable bonds is 8. The first kappa shape index (κ1) is 21.5. The zero-order valence-corrected chi connectivity index (χ0v) is 17.3. The average molecular weight is 422 g/mol. The highest BCUT2D eigenvalue weighted by atomic mass is 16.6. The molecular weight excluding hydrogens is 400 g/mol. The van der Waals surface area contributed by atoms with E-state index in [1.807, 2.05) is 38.1 Å². The Morgan fingerprint density at radius 2 is 1.97 bits per heavy atom. The molecule has 1 aromatic heterocycles. The Morgan fingerprint density at radius 3 is 2.65 bits per heavy atom. The lowest BCUT2D eigenvalue weighted by Crippen LogP contribution is -2.31. The molecule has 2 N–H and O–H groups in total. The van der Waals surface area contributed by atoms with Gasteiger partial charge in [0, 0.05) is 12.2 Å². The van der Waals surface area contributed by atoms with Gasteiger partial charge in [-0.2, -0.15) is 0 Å². The van der Waals surface area contributed by atoms with Gasteiger partial charge in [0.25, 0.3) is 5.91 Å². The smallest absolute Gasteiger partial charge is 0.355 e. The van der Waals surface area contributed by atoms with Crippen LogP contribution in [-0.2, 0) is 0 Å². The van der Waals surface area contributed by atoms with Crippen LogP contribution in [0.4, 0.5) is 23.0 Å².